The lowest BCUT2D eigenvalue weighted by Gasteiger charge is -1.92. The molecule has 1 amide bonds. The maximum absolute atomic E-state index is 11.1. The van der Waals surface area contributed by atoms with E-state index in [9.17, 15) is 13.2 Å². The highest BCUT2D eigenvalue weighted by Gasteiger charge is 2.31. The lowest BCUT2D eigenvalue weighted by atomic mass is 10.2. The van der Waals surface area contributed by atoms with Gasteiger partial charge in [0.05, 0.1) is 10.5 Å². The van der Waals surface area contributed by atoms with Crippen LogP contribution in [0.3, 0.4) is 0 Å². The Labute approximate surface area is 70.3 Å². The summed E-state index contributed by atoms with van der Waals surface area (Å²) < 4.78 is 23.9. The average molecular weight is 185 g/mol. The Kier molecular flexibility index (Phi) is 1.89. The van der Waals surface area contributed by atoms with Gasteiger partial charge in [-0.3, -0.25) is 4.79 Å². The molecule has 0 saturated carbocycles. The van der Waals surface area contributed by atoms with Gasteiger partial charge in [0.2, 0.25) is 0 Å². The number of carbonyl (C=O) groups is 1. The third-order valence-electron chi connectivity index (χ3n) is 1.42. The summed E-state index contributed by atoms with van der Waals surface area (Å²) in [6.07, 6.45) is 2.31. The van der Waals surface area contributed by atoms with Gasteiger partial charge in [0.25, 0.3) is 15.9 Å². The van der Waals surface area contributed by atoms with E-state index in [4.69, 9.17) is 0 Å². The molecule has 1 N–H and O–H groups in total. The van der Waals surface area contributed by atoms with Crippen molar-refractivity contribution < 1.29 is 13.2 Å². The zero-order valence-electron chi connectivity index (χ0n) is 6.20. The van der Waals surface area contributed by atoms with Crippen LogP contribution in [0.25, 0.3) is 0 Å². The first-order valence-electron chi connectivity index (χ1n) is 3.09. The quantitative estimate of drug-likeness (QED) is 0.662. The lowest BCUT2D eigenvalue weighted by Crippen LogP contribution is -2.22. The summed E-state index contributed by atoms with van der Waals surface area (Å²) in [6, 6.07) is 0. The van der Waals surface area contributed by atoms with Crippen molar-refractivity contribution in [3.05, 3.63) is 35.8 Å². The SMILES string of the molecule is C=CC1=C(C=C)S(=O)(=O)NC1=O. The molecule has 0 fully saturated rings. The van der Waals surface area contributed by atoms with Crippen molar-refractivity contribution in [2.24, 2.45) is 0 Å². The van der Waals surface area contributed by atoms with Crippen molar-refractivity contribution in [3.63, 3.8) is 0 Å². The summed E-state index contributed by atoms with van der Waals surface area (Å²) in [5.41, 5.74) is 0.0463. The summed E-state index contributed by atoms with van der Waals surface area (Å²) in [5, 5.41) is 0. The molecule has 1 heterocycles. The van der Waals surface area contributed by atoms with E-state index in [-0.39, 0.29) is 10.5 Å². The van der Waals surface area contributed by atoms with Gasteiger partial charge in [-0.15, -0.1) is 0 Å². The lowest BCUT2D eigenvalue weighted by molar-refractivity contribution is -0.115. The molecule has 0 saturated heterocycles. The standard InChI is InChI=1S/C7H7NO3S/c1-3-5-6(4-2)12(10,11)8-7(5)9/h3-4H,1-2H2,(H,8,9). The van der Waals surface area contributed by atoms with Crippen LogP contribution in [0.15, 0.2) is 35.8 Å². The van der Waals surface area contributed by atoms with Crippen LogP contribution in [0.1, 0.15) is 0 Å². The largest absolute Gasteiger partial charge is 0.268 e. The summed E-state index contributed by atoms with van der Waals surface area (Å²) in [6.45, 7) is 6.62. The number of carbonyl (C=O) groups excluding carboxylic acids is 1. The summed E-state index contributed by atoms with van der Waals surface area (Å²) in [4.78, 5) is 10.8. The molecule has 0 aliphatic carbocycles. The highest BCUT2D eigenvalue weighted by atomic mass is 32.2. The second-order valence-corrected chi connectivity index (χ2v) is 3.77. The topological polar surface area (TPSA) is 63.2 Å². The van der Waals surface area contributed by atoms with Crippen LogP contribution < -0.4 is 4.72 Å². The Balaban J connectivity index is 3.46. The van der Waals surface area contributed by atoms with E-state index in [1.807, 2.05) is 4.72 Å². The van der Waals surface area contributed by atoms with E-state index in [1.165, 1.54) is 6.08 Å². The Morgan fingerprint density at radius 3 is 2.17 bits per heavy atom. The third kappa shape index (κ3) is 1.08. The van der Waals surface area contributed by atoms with Crippen LogP contribution in [0.4, 0.5) is 0 Å². The number of amides is 1. The fraction of sp³-hybridized carbons (Fsp3) is 0. The minimum atomic E-state index is -3.66. The molecular formula is C7H7NO3S. The van der Waals surface area contributed by atoms with Gasteiger partial charge in [0.1, 0.15) is 0 Å². The second kappa shape index (κ2) is 2.60. The van der Waals surface area contributed by atoms with Gasteiger partial charge in [-0.2, -0.15) is 0 Å². The number of hydrogen-bond acceptors (Lipinski definition) is 3. The highest BCUT2D eigenvalue weighted by Crippen LogP contribution is 2.20. The molecule has 0 unspecified atom stereocenters. The normalized spacial score (nSPS) is 20.5. The first-order chi connectivity index (χ1) is 5.53. The van der Waals surface area contributed by atoms with Gasteiger partial charge >= 0.3 is 0 Å². The first-order valence-corrected chi connectivity index (χ1v) is 4.57. The van der Waals surface area contributed by atoms with Gasteiger partial charge in [-0.25, -0.2) is 13.1 Å². The molecule has 1 rings (SSSR count). The molecule has 0 radical (unpaired) electrons. The van der Waals surface area contributed by atoms with Gasteiger partial charge in [0, 0.05) is 0 Å². The number of rotatable bonds is 2. The van der Waals surface area contributed by atoms with E-state index in [1.54, 1.807) is 0 Å². The fourth-order valence-corrected chi connectivity index (χ4v) is 2.05. The molecule has 12 heavy (non-hydrogen) atoms. The zero-order valence-corrected chi connectivity index (χ0v) is 7.02. The predicted molar refractivity (Wildman–Crippen MR) is 44.5 cm³/mol. The predicted octanol–water partition coefficient (Wildman–Crippen LogP) is 0.0721. The van der Waals surface area contributed by atoms with Gasteiger partial charge < -0.3 is 0 Å². The van der Waals surface area contributed by atoms with Crippen molar-refractivity contribution in [2.45, 2.75) is 0 Å². The molecule has 0 atom stereocenters. The van der Waals surface area contributed by atoms with Crippen molar-refractivity contribution in [2.75, 3.05) is 0 Å². The molecule has 64 valence electrons. The summed E-state index contributed by atoms with van der Waals surface area (Å²) in [5.74, 6) is -0.653. The van der Waals surface area contributed by atoms with Gasteiger partial charge in [-0.1, -0.05) is 19.2 Å². The molecule has 1 aliphatic heterocycles. The smallest absolute Gasteiger partial charge is 0.266 e. The summed E-state index contributed by atoms with van der Waals surface area (Å²) >= 11 is 0. The van der Waals surface area contributed by atoms with E-state index >= 15 is 0 Å². The molecule has 0 aromatic rings. The molecular weight excluding hydrogens is 178 g/mol. The average Bonchev–Trinajstić information content (AvgIpc) is 2.18. The molecule has 0 spiro atoms. The van der Waals surface area contributed by atoms with E-state index in [2.05, 4.69) is 13.2 Å². The molecule has 0 aromatic carbocycles. The molecule has 0 aromatic heterocycles. The van der Waals surface area contributed by atoms with E-state index < -0.39 is 15.9 Å². The minimum absolute atomic E-state index is 0.0463. The number of allylic oxidation sites excluding steroid dienone is 1. The summed E-state index contributed by atoms with van der Waals surface area (Å²) in [7, 11) is -3.66. The highest BCUT2D eigenvalue weighted by molar-refractivity contribution is 7.94. The molecule has 4 nitrogen and oxygen atoms in total. The van der Waals surface area contributed by atoms with Crippen LogP contribution in [0.2, 0.25) is 0 Å². The number of nitrogens with one attached hydrogen (secondary N) is 1. The second-order valence-electron chi connectivity index (χ2n) is 2.12. The minimum Gasteiger partial charge on any atom is -0.268 e. The number of sulfonamides is 1. The van der Waals surface area contributed by atoms with Crippen molar-refractivity contribution in [1.29, 1.82) is 0 Å². The first kappa shape index (κ1) is 8.73. The van der Waals surface area contributed by atoms with Crippen LogP contribution >= 0.6 is 0 Å². The Hall–Kier alpha value is -1.36. The Morgan fingerprint density at radius 2 is 1.83 bits per heavy atom. The zero-order chi connectivity index (χ0) is 9.35. The fourth-order valence-electron chi connectivity index (χ4n) is 0.902. The van der Waals surface area contributed by atoms with Gasteiger partial charge in [0.15, 0.2) is 0 Å². The Bertz CT molecular complexity index is 389. The van der Waals surface area contributed by atoms with Gasteiger partial charge in [-0.05, 0) is 6.08 Å². The number of hydrogen-bond donors (Lipinski definition) is 1. The van der Waals surface area contributed by atoms with E-state index in [0.717, 1.165) is 6.08 Å². The Morgan fingerprint density at radius 1 is 1.25 bits per heavy atom. The van der Waals surface area contributed by atoms with E-state index in [0.29, 0.717) is 0 Å². The van der Waals surface area contributed by atoms with Crippen molar-refractivity contribution in [3.8, 4) is 0 Å². The van der Waals surface area contributed by atoms with Crippen LogP contribution in [-0.4, -0.2) is 14.3 Å². The third-order valence-corrected chi connectivity index (χ3v) is 2.84. The van der Waals surface area contributed by atoms with Crippen LogP contribution in [0.5, 0.6) is 0 Å². The molecule has 0 bridgehead atoms. The van der Waals surface area contributed by atoms with Crippen molar-refractivity contribution in [1.82, 2.24) is 4.72 Å². The maximum atomic E-state index is 11.1. The molecule has 5 heteroatoms. The van der Waals surface area contributed by atoms with Crippen LogP contribution in [-0.2, 0) is 14.8 Å². The maximum Gasteiger partial charge on any atom is 0.266 e. The monoisotopic (exact) mass is 185 g/mol. The van der Waals surface area contributed by atoms with Crippen LogP contribution in [0, 0.1) is 0 Å². The molecule has 1 aliphatic rings. The van der Waals surface area contributed by atoms with Crippen molar-refractivity contribution >= 4 is 15.9 Å².